The lowest BCUT2D eigenvalue weighted by atomic mass is 10.2. The molecule has 2 heterocycles. The van der Waals surface area contributed by atoms with Crippen LogP contribution in [0.4, 0.5) is 9.52 Å². The van der Waals surface area contributed by atoms with Gasteiger partial charge in [0.25, 0.3) is 0 Å². The number of hydrogen-bond donors (Lipinski definition) is 0. The monoisotopic (exact) mass is 351 g/mol. The molecule has 1 unspecified atom stereocenters. The molecule has 4 nitrogen and oxygen atoms in total. The molecule has 1 aromatic carbocycles. The number of aliphatic imine (C=N–C) groups is 1. The van der Waals surface area contributed by atoms with E-state index < -0.39 is 16.6 Å². The predicted molar refractivity (Wildman–Crippen MR) is 90.2 cm³/mol. The second kappa shape index (κ2) is 6.15. The molecule has 0 bridgehead atoms. The molecule has 0 aliphatic carbocycles. The topological polar surface area (TPSA) is 55.2 Å². The highest BCUT2D eigenvalue weighted by atomic mass is 32.2. The molecule has 22 heavy (non-hydrogen) atoms. The van der Waals surface area contributed by atoms with Gasteiger partial charge >= 0.3 is 0 Å². The summed E-state index contributed by atoms with van der Waals surface area (Å²) in [6, 6.07) is 4.54. The van der Waals surface area contributed by atoms with Crippen LogP contribution in [-0.2, 0) is 10.8 Å². The van der Waals surface area contributed by atoms with Gasteiger partial charge in [-0.1, -0.05) is 0 Å². The van der Waals surface area contributed by atoms with E-state index in [2.05, 4.69) is 21.7 Å². The summed E-state index contributed by atoms with van der Waals surface area (Å²) in [5, 5.41) is 4.79. The van der Waals surface area contributed by atoms with Crippen molar-refractivity contribution in [2.45, 2.75) is 4.90 Å². The first-order chi connectivity index (χ1) is 10.6. The summed E-state index contributed by atoms with van der Waals surface area (Å²) in [4.78, 5) is 12.9. The summed E-state index contributed by atoms with van der Waals surface area (Å²) in [5.41, 5.74) is 1.76. The summed E-state index contributed by atoms with van der Waals surface area (Å²) in [6.45, 7) is 3.43. The Hall–Kier alpha value is -1.77. The molecule has 0 saturated heterocycles. The normalized spacial score (nSPS) is 12.3. The van der Waals surface area contributed by atoms with Crippen molar-refractivity contribution in [2.75, 3.05) is 6.26 Å². The van der Waals surface area contributed by atoms with Crippen molar-refractivity contribution in [3.05, 3.63) is 34.8 Å². The van der Waals surface area contributed by atoms with Crippen LogP contribution < -0.4 is 0 Å². The van der Waals surface area contributed by atoms with E-state index >= 15 is 0 Å². The zero-order valence-electron chi connectivity index (χ0n) is 11.4. The van der Waals surface area contributed by atoms with Crippen LogP contribution in [0.2, 0.25) is 0 Å². The molecular formula is C14H10FN3OS3. The Morgan fingerprint density at radius 1 is 1.23 bits per heavy atom. The van der Waals surface area contributed by atoms with Crippen molar-refractivity contribution in [2.24, 2.45) is 4.99 Å². The van der Waals surface area contributed by atoms with Crippen LogP contribution in [-0.4, -0.2) is 27.2 Å². The Balaban J connectivity index is 1.97. The maximum absolute atomic E-state index is 14.2. The van der Waals surface area contributed by atoms with Crippen molar-refractivity contribution in [1.82, 2.24) is 9.97 Å². The van der Waals surface area contributed by atoms with Crippen LogP contribution in [0.1, 0.15) is 0 Å². The number of benzene rings is 1. The van der Waals surface area contributed by atoms with Crippen LogP contribution in [0.25, 0.3) is 22.0 Å². The molecule has 3 aromatic rings. The summed E-state index contributed by atoms with van der Waals surface area (Å²) in [5.74, 6) is -0.430. The Labute approximate surface area is 136 Å². The first-order valence-electron chi connectivity index (χ1n) is 6.10. The van der Waals surface area contributed by atoms with Gasteiger partial charge in [0.1, 0.15) is 22.2 Å². The van der Waals surface area contributed by atoms with Crippen molar-refractivity contribution in [3.63, 3.8) is 0 Å². The third kappa shape index (κ3) is 2.90. The van der Waals surface area contributed by atoms with Crippen LogP contribution in [0.5, 0.6) is 0 Å². The summed E-state index contributed by atoms with van der Waals surface area (Å²) in [6.07, 6.45) is 1.52. The van der Waals surface area contributed by atoms with Crippen LogP contribution >= 0.6 is 22.7 Å². The highest BCUT2D eigenvalue weighted by Crippen LogP contribution is 2.32. The SMILES string of the molecule is C=Nc1nc(-c2csc(-c3ccc(S(C)=O)cc3F)n2)cs1. The van der Waals surface area contributed by atoms with E-state index in [0.717, 1.165) is 0 Å². The fraction of sp³-hybridized carbons (Fsp3) is 0.0714. The van der Waals surface area contributed by atoms with Gasteiger partial charge in [-0.15, -0.1) is 22.7 Å². The van der Waals surface area contributed by atoms with Crippen molar-refractivity contribution in [3.8, 4) is 22.0 Å². The van der Waals surface area contributed by atoms with Crippen molar-refractivity contribution in [1.29, 1.82) is 0 Å². The van der Waals surface area contributed by atoms with E-state index in [-0.39, 0.29) is 0 Å². The predicted octanol–water partition coefficient (Wildman–Crippen LogP) is 4.14. The first-order valence-corrected chi connectivity index (χ1v) is 9.41. The Morgan fingerprint density at radius 2 is 1.95 bits per heavy atom. The molecule has 0 aliphatic heterocycles. The molecule has 112 valence electrons. The molecule has 0 fully saturated rings. The van der Waals surface area contributed by atoms with Crippen LogP contribution in [0, 0.1) is 5.82 Å². The maximum atomic E-state index is 14.2. The number of hydrogen-bond acceptors (Lipinski definition) is 6. The Morgan fingerprint density at radius 3 is 2.59 bits per heavy atom. The van der Waals surface area contributed by atoms with Crippen molar-refractivity contribution >= 4 is 45.3 Å². The molecule has 3 rings (SSSR count). The number of aromatic nitrogens is 2. The van der Waals surface area contributed by atoms with Gasteiger partial charge in [0.2, 0.25) is 5.13 Å². The largest absolute Gasteiger partial charge is 0.255 e. The molecule has 0 radical (unpaired) electrons. The highest BCUT2D eigenvalue weighted by Gasteiger charge is 2.14. The molecule has 0 aliphatic rings. The molecule has 2 aromatic heterocycles. The summed E-state index contributed by atoms with van der Waals surface area (Å²) >= 11 is 2.71. The van der Waals surface area contributed by atoms with Crippen molar-refractivity contribution < 1.29 is 8.60 Å². The van der Waals surface area contributed by atoms with E-state index in [1.54, 1.807) is 12.1 Å². The van der Waals surface area contributed by atoms with Crippen LogP contribution in [0.15, 0.2) is 38.8 Å². The summed E-state index contributed by atoms with van der Waals surface area (Å²) in [7, 11) is -1.21. The minimum Gasteiger partial charge on any atom is -0.255 e. The zero-order valence-corrected chi connectivity index (χ0v) is 13.9. The average molecular weight is 351 g/mol. The third-order valence-corrected chi connectivity index (χ3v) is 5.46. The molecule has 0 spiro atoms. The van der Waals surface area contributed by atoms with Gasteiger partial charge in [-0.3, -0.25) is 4.21 Å². The fourth-order valence-corrected chi connectivity index (χ4v) is 3.80. The second-order valence-corrected chi connectivity index (χ2v) is 7.38. The quantitative estimate of drug-likeness (QED) is 0.664. The van der Waals surface area contributed by atoms with Gasteiger partial charge < -0.3 is 0 Å². The van der Waals surface area contributed by atoms with Gasteiger partial charge in [-0.05, 0) is 24.9 Å². The standard InChI is InChI=1S/C14H10FN3OS3/c1-16-14-18-12(7-21-14)11-6-20-13(17-11)9-4-3-8(22(2)19)5-10(9)15/h3-7H,1H2,2H3. The molecule has 0 N–H and O–H groups in total. The second-order valence-electron chi connectivity index (χ2n) is 4.31. The van der Waals surface area contributed by atoms with E-state index in [1.165, 1.54) is 35.0 Å². The van der Waals surface area contributed by atoms with Gasteiger partial charge in [-0.2, -0.15) is 0 Å². The molecule has 8 heteroatoms. The zero-order chi connectivity index (χ0) is 15.7. The van der Waals surface area contributed by atoms with Crippen LogP contribution in [0.3, 0.4) is 0 Å². The van der Waals surface area contributed by atoms with E-state index in [4.69, 9.17) is 0 Å². The van der Waals surface area contributed by atoms with Gasteiger partial charge in [0.15, 0.2) is 0 Å². The Bertz CT molecular complexity index is 872. The van der Waals surface area contributed by atoms with Gasteiger partial charge in [0.05, 0.1) is 0 Å². The van der Waals surface area contributed by atoms with Gasteiger partial charge in [0, 0.05) is 38.3 Å². The summed E-state index contributed by atoms with van der Waals surface area (Å²) < 4.78 is 25.5. The lowest BCUT2D eigenvalue weighted by Gasteiger charge is -2.01. The lowest BCUT2D eigenvalue weighted by Crippen LogP contribution is -1.91. The smallest absolute Gasteiger partial charge is 0.209 e. The first kappa shape index (κ1) is 15.1. The van der Waals surface area contributed by atoms with E-state index in [1.807, 2.05) is 10.8 Å². The molecular weight excluding hydrogens is 341 g/mol. The minimum absolute atomic E-state index is 0.391. The molecule has 1 atom stereocenters. The molecule has 0 saturated carbocycles. The van der Waals surface area contributed by atoms with E-state index in [9.17, 15) is 8.60 Å². The maximum Gasteiger partial charge on any atom is 0.209 e. The highest BCUT2D eigenvalue weighted by molar-refractivity contribution is 7.84. The number of nitrogens with zero attached hydrogens (tertiary/aromatic N) is 3. The number of thiazole rings is 2. The Kier molecular flexibility index (Phi) is 4.23. The minimum atomic E-state index is -1.21. The molecule has 0 amide bonds. The van der Waals surface area contributed by atoms with E-state index in [0.29, 0.717) is 32.0 Å². The average Bonchev–Trinajstić information content (AvgIpc) is 3.15. The third-order valence-electron chi connectivity index (χ3n) is 2.90. The lowest BCUT2D eigenvalue weighted by molar-refractivity contribution is 0.626. The number of halogens is 1. The number of rotatable bonds is 4. The fourth-order valence-electron chi connectivity index (χ4n) is 1.82. The van der Waals surface area contributed by atoms with Gasteiger partial charge in [-0.25, -0.2) is 19.4 Å².